The van der Waals surface area contributed by atoms with Crippen molar-refractivity contribution in [2.75, 3.05) is 17.4 Å². The minimum Gasteiger partial charge on any atom is -0.157 e. The van der Waals surface area contributed by atoms with Gasteiger partial charge in [-0.1, -0.05) is 17.2 Å². The van der Waals surface area contributed by atoms with Crippen LogP contribution in [0.3, 0.4) is 0 Å². The summed E-state index contributed by atoms with van der Waals surface area (Å²) in [6.45, 7) is 2.03. The fraction of sp³-hybridized carbons (Fsp3) is 0.714. The van der Waals surface area contributed by atoms with Crippen LogP contribution in [0.15, 0.2) is 11.1 Å². The molecule has 0 fully saturated rings. The Balaban J connectivity index is 3.04. The standard InChI is InChI=1S/C7H12Cl2S/c1-7(5-9)6-10-4-2-3-8/h5H,2-4,6H2,1H3. The highest BCUT2D eigenvalue weighted by atomic mass is 35.5. The molecule has 0 N–H and O–H groups in total. The van der Waals surface area contributed by atoms with E-state index in [0.717, 1.165) is 23.8 Å². The molecule has 0 rings (SSSR count). The molecular weight excluding hydrogens is 187 g/mol. The van der Waals surface area contributed by atoms with E-state index in [1.54, 1.807) is 5.54 Å². The maximum atomic E-state index is 5.50. The van der Waals surface area contributed by atoms with Crippen molar-refractivity contribution >= 4 is 35.0 Å². The van der Waals surface area contributed by atoms with Crippen molar-refractivity contribution in [1.29, 1.82) is 0 Å². The zero-order valence-electron chi connectivity index (χ0n) is 6.07. The monoisotopic (exact) mass is 198 g/mol. The zero-order chi connectivity index (χ0) is 7.82. The lowest BCUT2D eigenvalue weighted by Crippen LogP contribution is -1.85. The number of hydrogen-bond donors (Lipinski definition) is 0. The number of alkyl halides is 1. The number of rotatable bonds is 5. The Bertz CT molecular complexity index is 102. The summed E-state index contributed by atoms with van der Waals surface area (Å²) in [7, 11) is 0. The predicted molar refractivity (Wildman–Crippen MR) is 52.3 cm³/mol. The first kappa shape index (κ1) is 10.7. The quantitative estimate of drug-likeness (QED) is 0.482. The van der Waals surface area contributed by atoms with E-state index in [4.69, 9.17) is 23.2 Å². The van der Waals surface area contributed by atoms with E-state index in [0.29, 0.717) is 0 Å². The summed E-state index contributed by atoms with van der Waals surface area (Å²) < 4.78 is 0. The van der Waals surface area contributed by atoms with Gasteiger partial charge in [-0.15, -0.1) is 11.6 Å². The summed E-state index contributed by atoms with van der Waals surface area (Å²) in [6.07, 6.45) is 1.09. The second kappa shape index (κ2) is 7.77. The van der Waals surface area contributed by atoms with E-state index in [1.807, 2.05) is 18.7 Å². The molecule has 0 radical (unpaired) electrons. The smallest absolute Gasteiger partial charge is 0.0231 e. The van der Waals surface area contributed by atoms with Crippen LogP contribution in [0.2, 0.25) is 0 Å². The molecular formula is C7H12Cl2S. The fourth-order valence-electron chi connectivity index (χ4n) is 0.421. The van der Waals surface area contributed by atoms with Crippen LogP contribution in [-0.2, 0) is 0 Å². The molecule has 0 aromatic carbocycles. The van der Waals surface area contributed by atoms with Crippen LogP contribution < -0.4 is 0 Å². The second-order valence-corrected chi connectivity index (χ2v) is 3.75. The SMILES string of the molecule is CC(=CCl)CSCCCCl. The average molecular weight is 199 g/mol. The van der Waals surface area contributed by atoms with Gasteiger partial charge in [0.25, 0.3) is 0 Å². The topological polar surface area (TPSA) is 0 Å². The molecule has 60 valence electrons. The van der Waals surface area contributed by atoms with E-state index in [9.17, 15) is 0 Å². The lowest BCUT2D eigenvalue weighted by atomic mass is 10.4. The van der Waals surface area contributed by atoms with Crippen LogP contribution in [0.5, 0.6) is 0 Å². The molecule has 3 heteroatoms. The van der Waals surface area contributed by atoms with Gasteiger partial charge in [-0.25, -0.2) is 0 Å². The highest BCUT2D eigenvalue weighted by molar-refractivity contribution is 7.99. The Hall–Kier alpha value is 0.670. The van der Waals surface area contributed by atoms with Crippen LogP contribution >= 0.6 is 35.0 Å². The third-order valence-electron chi connectivity index (χ3n) is 0.938. The average Bonchev–Trinajstić information content (AvgIpc) is 1.98. The van der Waals surface area contributed by atoms with Crippen molar-refractivity contribution in [1.82, 2.24) is 0 Å². The van der Waals surface area contributed by atoms with Gasteiger partial charge in [0.2, 0.25) is 0 Å². The molecule has 0 aromatic heterocycles. The molecule has 0 aliphatic heterocycles. The van der Waals surface area contributed by atoms with Gasteiger partial charge in [0.15, 0.2) is 0 Å². The molecule has 0 amide bonds. The van der Waals surface area contributed by atoms with Crippen molar-refractivity contribution in [3.05, 3.63) is 11.1 Å². The second-order valence-electron chi connectivity index (χ2n) is 2.05. The molecule has 10 heavy (non-hydrogen) atoms. The molecule has 0 spiro atoms. The van der Waals surface area contributed by atoms with E-state index >= 15 is 0 Å². The van der Waals surface area contributed by atoms with Gasteiger partial charge in [0.05, 0.1) is 0 Å². The minimum absolute atomic E-state index is 0.761. The Labute approximate surface area is 77.0 Å². The van der Waals surface area contributed by atoms with Gasteiger partial charge < -0.3 is 0 Å². The summed E-state index contributed by atoms with van der Waals surface area (Å²) in [5.41, 5.74) is 2.86. The van der Waals surface area contributed by atoms with Gasteiger partial charge in [-0.05, 0) is 19.1 Å². The van der Waals surface area contributed by atoms with Gasteiger partial charge in [-0.3, -0.25) is 0 Å². The Morgan fingerprint density at radius 1 is 1.60 bits per heavy atom. The first-order valence-corrected chi connectivity index (χ1v) is 5.33. The van der Waals surface area contributed by atoms with Crippen molar-refractivity contribution < 1.29 is 0 Å². The molecule has 0 aliphatic carbocycles. The van der Waals surface area contributed by atoms with Crippen LogP contribution in [0.4, 0.5) is 0 Å². The third-order valence-corrected chi connectivity index (χ3v) is 2.81. The van der Waals surface area contributed by atoms with Gasteiger partial charge in [0, 0.05) is 17.2 Å². The van der Waals surface area contributed by atoms with E-state index in [2.05, 4.69) is 0 Å². The third kappa shape index (κ3) is 6.79. The van der Waals surface area contributed by atoms with Crippen LogP contribution in [0, 0.1) is 0 Å². The lowest BCUT2D eigenvalue weighted by Gasteiger charge is -1.97. The molecule has 0 saturated carbocycles. The molecule has 0 saturated heterocycles. The lowest BCUT2D eigenvalue weighted by molar-refractivity contribution is 1.12. The van der Waals surface area contributed by atoms with Crippen molar-refractivity contribution in [2.45, 2.75) is 13.3 Å². The predicted octanol–water partition coefficient (Wildman–Crippen LogP) is 3.49. The van der Waals surface area contributed by atoms with Crippen molar-refractivity contribution in [2.24, 2.45) is 0 Å². The summed E-state index contributed by atoms with van der Waals surface area (Å²) in [4.78, 5) is 0. The normalized spacial score (nSPS) is 12.1. The molecule has 0 unspecified atom stereocenters. The molecule has 0 bridgehead atoms. The Morgan fingerprint density at radius 2 is 2.30 bits per heavy atom. The maximum absolute atomic E-state index is 5.50. The summed E-state index contributed by atoms with van der Waals surface area (Å²) in [6, 6.07) is 0. The zero-order valence-corrected chi connectivity index (χ0v) is 8.40. The number of hydrogen-bond acceptors (Lipinski definition) is 1. The van der Waals surface area contributed by atoms with Crippen molar-refractivity contribution in [3.8, 4) is 0 Å². The maximum Gasteiger partial charge on any atom is 0.0231 e. The fourth-order valence-corrected chi connectivity index (χ4v) is 1.78. The molecule has 0 heterocycles. The van der Waals surface area contributed by atoms with Gasteiger partial charge in [-0.2, -0.15) is 11.8 Å². The highest BCUT2D eigenvalue weighted by Gasteiger charge is 1.89. The molecule has 0 atom stereocenters. The van der Waals surface area contributed by atoms with Crippen LogP contribution in [0.25, 0.3) is 0 Å². The van der Waals surface area contributed by atoms with Gasteiger partial charge >= 0.3 is 0 Å². The minimum atomic E-state index is 0.761. The highest BCUT2D eigenvalue weighted by Crippen LogP contribution is 2.09. The summed E-state index contributed by atoms with van der Waals surface area (Å²) in [5.74, 6) is 2.92. The molecule has 0 aromatic rings. The van der Waals surface area contributed by atoms with Crippen molar-refractivity contribution in [3.63, 3.8) is 0 Å². The Morgan fingerprint density at radius 3 is 2.80 bits per heavy atom. The van der Waals surface area contributed by atoms with Gasteiger partial charge in [0.1, 0.15) is 0 Å². The van der Waals surface area contributed by atoms with Crippen LogP contribution in [-0.4, -0.2) is 17.4 Å². The van der Waals surface area contributed by atoms with E-state index in [-0.39, 0.29) is 0 Å². The Kier molecular flexibility index (Phi) is 8.29. The van der Waals surface area contributed by atoms with Crippen LogP contribution in [0.1, 0.15) is 13.3 Å². The number of halogens is 2. The van der Waals surface area contributed by atoms with E-state index < -0.39 is 0 Å². The molecule has 0 nitrogen and oxygen atoms in total. The summed E-state index contributed by atoms with van der Waals surface area (Å²) in [5, 5.41) is 0. The summed E-state index contributed by atoms with van der Waals surface area (Å²) >= 11 is 12.8. The molecule has 0 aliphatic rings. The largest absolute Gasteiger partial charge is 0.157 e. The first-order chi connectivity index (χ1) is 4.81. The first-order valence-electron chi connectivity index (χ1n) is 3.21. The van der Waals surface area contributed by atoms with E-state index in [1.165, 1.54) is 5.57 Å². The number of thioether (sulfide) groups is 1.